The van der Waals surface area contributed by atoms with Gasteiger partial charge < -0.3 is 11.1 Å². The number of rotatable bonds is 7. The number of nitrogens with one attached hydrogen (secondary N) is 1. The van der Waals surface area contributed by atoms with Crippen molar-refractivity contribution < 1.29 is 22.8 Å². The molecule has 0 aliphatic rings. The fourth-order valence-electron chi connectivity index (χ4n) is 4.40. The van der Waals surface area contributed by atoms with E-state index in [0.717, 1.165) is 6.07 Å². The number of anilines is 1. The molecule has 1 unspecified atom stereocenters. The van der Waals surface area contributed by atoms with Crippen LogP contribution in [-0.4, -0.2) is 36.4 Å². The molecule has 0 radical (unpaired) electrons. The maximum Gasteiger partial charge on any atom is 0.433 e. The van der Waals surface area contributed by atoms with Crippen molar-refractivity contribution >= 4 is 50.7 Å². The smallest absolute Gasteiger partial charge is 0.365 e. The van der Waals surface area contributed by atoms with Gasteiger partial charge in [0.25, 0.3) is 5.91 Å². The number of aromatic nitrogens is 5. The minimum absolute atomic E-state index is 0.00606. The van der Waals surface area contributed by atoms with Gasteiger partial charge in [0.2, 0.25) is 5.91 Å². The largest absolute Gasteiger partial charge is 0.433 e. The molecule has 4 aromatic heterocycles. The normalized spacial score (nSPS) is 12.8. The van der Waals surface area contributed by atoms with Crippen molar-refractivity contribution in [3.8, 4) is 11.1 Å². The highest BCUT2D eigenvalue weighted by molar-refractivity contribution is 7.21. The Balaban J connectivity index is 1.96. The molecule has 0 saturated heterocycles. The summed E-state index contributed by atoms with van der Waals surface area (Å²) in [7, 11) is 0. The molecule has 4 aromatic rings. The van der Waals surface area contributed by atoms with E-state index >= 15 is 0 Å². The van der Waals surface area contributed by atoms with Gasteiger partial charge in [0.1, 0.15) is 21.4 Å². The van der Waals surface area contributed by atoms with Crippen LogP contribution in [0.5, 0.6) is 0 Å². The van der Waals surface area contributed by atoms with Gasteiger partial charge in [-0.1, -0.05) is 18.5 Å². The maximum atomic E-state index is 13.8. The molecule has 0 fully saturated rings. The third-order valence-electron chi connectivity index (χ3n) is 6.34. The van der Waals surface area contributed by atoms with Crippen molar-refractivity contribution in [2.24, 2.45) is 5.73 Å². The van der Waals surface area contributed by atoms with E-state index in [1.54, 1.807) is 32.4 Å². The number of halogens is 4. The lowest BCUT2D eigenvalue weighted by molar-refractivity contribution is -0.140. The monoisotopic (exact) mass is 567 g/mol. The molecule has 38 heavy (non-hydrogen) atoms. The molecule has 1 atom stereocenters. The van der Waals surface area contributed by atoms with Crippen LogP contribution in [0, 0.1) is 20.8 Å². The summed E-state index contributed by atoms with van der Waals surface area (Å²) in [6, 6.07) is 0.0877. The van der Waals surface area contributed by atoms with Gasteiger partial charge in [-0.2, -0.15) is 23.4 Å². The van der Waals surface area contributed by atoms with Gasteiger partial charge in [-0.3, -0.25) is 19.0 Å². The number of carbonyl (C=O) groups excluding carboxylic acids is 2. The van der Waals surface area contributed by atoms with Crippen molar-refractivity contribution in [1.29, 1.82) is 0 Å². The summed E-state index contributed by atoms with van der Waals surface area (Å²) < 4.78 is 44.6. The number of hydrogen-bond donors (Lipinski definition) is 2. The second-order valence-corrected chi connectivity index (χ2v) is 10.1. The molecule has 9 nitrogen and oxygen atoms in total. The Hall–Kier alpha value is -3.45. The van der Waals surface area contributed by atoms with Crippen molar-refractivity contribution in [2.75, 3.05) is 5.32 Å². The Morgan fingerprint density at radius 3 is 2.37 bits per heavy atom. The number of nitrogens with zero attached hydrogens (tertiary/aromatic N) is 5. The summed E-state index contributed by atoms with van der Waals surface area (Å²) in [5, 5.41) is 12.0. The number of primary amides is 1. The molecule has 4 heterocycles. The van der Waals surface area contributed by atoms with Gasteiger partial charge in [0.05, 0.1) is 28.3 Å². The third-order valence-corrected chi connectivity index (χ3v) is 7.98. The van der Waals surface area contributed by atoms with Gasteiger partial charge >= 0.3 is 6.18 Å². The van der Waals surface area contributed by atoms with Crippen LogP contribution >= 0.6 is 22.9 Å². The van der Waals surface area contributed by atoms with E-state index in [1.807, 2.05) is 6.92 Å². The zero-order valence-corrected chi connectivity index (χ0v) is 22.8. The van der Waals surface area contributed by atoms with Gasteiger partial charge in [-0.05, 0) is 45.7 Å². The summed E-state index contributed by atoms with van der Waals surface area (Å²) >= 11 is 6.96. The first kappa shape index (κ1) is 27.6. The Kier molecular flexibility index (Phi) is 7.28. The fraction of sp³-hybridized carbons (Fsp3) is 0.375. The van der Waals surface area contributed by atoms with Gasteiger partial charge in [0.15, 0.2) is 0 Å². The number of amides is 2. The first-order chi connectivity index (χ1) is 17.8. The lowest BCUT2D eigenvalue weighted by Gasteiger charge is -2.18. The number of fused-ring (bicyclic) bond motifs is 1. The third kappa shape index (κ3) is 4.64. The van der Waals surface area contributed by atoms with E-state index in [4.69, 9.17) is 17.3 Å². The molecule has 14 heteroatoms. The summed E-state index contributed by atoms with van der Waals surface area (Å²) in [6.45, 7) is 9.29. The molecule has 0 spiro atoms. The van der Waals surface area contributed by atoms with E-state index < -0.39 is 29.7 Å². The Morgan fingerprint density at radius 1 is 1.18 bits per heavy atom. The summed E-state index contributed by atoms with van der Waals surface area (Å²) in [5.74, 6) is -1.45. The second-order valence-electron chi connectivity index (χ2n) is 8.71. The molecular weight excluding hydrogens is 543 g/mol. The molecular formula is C24H25ClF3N7O2S. The molecule has 0 saturated carbocycles. The predicted octanol–water partition coefficient (Wildman–Crippen LogP) is 5.66. The lowest BCUT2D eigenvalue weighted by atomic mass is 10.0. The molecule has 4 rings (SSSR count). The van der Waals surface area contributed by atoms with E-state index in [0.29, 0.717) is 52.0 Å². The number of thiophene rings is 1. The van der Waals surface area contributed by atoms with Crippen LogP contribution in [-0.2, 0) is 17.5 Å². The van der Waals surface area contributed by atoms with Crippen molar-refractivity contribution in [2.45, 2.75) is 59.8 Å². The minimum Gasteiger partial charge on any atom is -0.365 e. The second kappa shape index (κ2) is 10.0. The Morgan fingerprint density at radius 2 is 1.87 bits per heavy atom. The van der Waals surface area contributed by atoms with Crippen LogP contribution < -0.4 is 11.1 Å². The van der Waals surface area contributed by atoms with E-state index in [1.165, 1.54) is 10.9 Å². The highest BCUT2D eigenvalue weighted by Crippen LogP contribution is 2.44. The molecule has 0 aromatic carbocycles. The average Bonchev–Trinajstić information content (AvgIpc) is 3.48. The summed E-state index contributed by atoms with van der Waals surface area (Å²) in [5.41, 5.74) is 6.74. The number of alkyl halides is 3. The quantitative estimate of drug-likeness (QED) is 0.298. The van der Waals surface area contributed by atoms with E-state index in [2.05, 4.69) is 20.5 Å². The van der Waals surface area contributed by atoms with Gasteiger partial charge in [0, 0.05) is 23.2 Å². The topological polar surface area (TPSA) is 121 Å². The van der Waals surface area contributed by atoms with Crippen LogP contribution in [0.1, 0.15) is 58.8 Å². The average molecular weight is 568 g/mol. The van der Waals surface area contributed by atoms with Crippen molar-refractivity contribution in [3.63, 3.8) is 0 Å². The zero-order chi connectivity index (χ0) is 28.1. The summed E-state index contributed by atoms with van der Waals surface area (Å²) in [6.07, 6.45) is -2.97. The van der Waals surface area contributed by atoms with Crippen molar-refractivity contribution in [1.82, 2.24) is 24.5 Å². The molecule has 0 aliphatic carbocycles. The highest BCUT2D eigenvalue weighted by Gasteiger charge is 2.36. The van der Waals surface area contributed by atoms with Gasteiger partial charge in [-0.25, -0.2) is 4.98 Å². The number of pyridine rings is 1. The van der Waals surface area contributed by atoms with Crippen LogP contribution in [0.4, 0.5) is 18.9 Å². The van der Waals surface area contributed by atoms with Gasteiger partial charge in [-0.15, -0.1) is 11.3 Å². The first-order valence-corrected chi connectivity index (χ1v) is 12.9. The van der Waals surface area contributed by atoms with Crippen molar-refractivity contribution in [3.05, 3.63) is 44.9 Å². The maximum absolute atomic E-state index is 13.8. The number of nitrogens with two attached hydrogens (primary N) is 1. The van der Waals surface area contributed by atoms with E-state index in [-0.39, 0.29) is 26.3 Å². The molecule has 0 bridgehead atoms. The number of hydrogen-bond acceptors (Lipinski definition) is 6. The molecule has 202 valence electrons. The number of carbonyl (C=O) groups is 2. The fourth-order valence-corrected chi connectivity index (χ4v) is 5.53. The van der Waals surface area contributed by atoms with Crippen LogP contribution in [0.25, 0.3) is 21.3 Å². The van der Waals surface area contributed by atoms with Crippen LogP contribution in [0.2, 0.25) is 5.02 Å². The van der Waals surface area contributed by atoms with E-state index in [9.17, 15) is 22.8 Å². The van der Waals surface area contributed by atoms with Crippen LogP contribution in [0.3, 0.4) is 0 Å². The molecule has 3 N–H and O–H groups in total. The Labute approximate surface area is 224 Å². The lowest BCUT2D eigenvalue weighted by Crippen LogP contribution is -2.28. The van der Waals surface area contributed by atoms with Crippen LogP contribution in [0.15, 0.2) is 12.3 Å². The SMILES string of the molecule is CCC(C(=O)Nc1c(C(N)=O)sc2nc(C(F)(F)F)cc(-c3cnn(CC)c3C)c12)n1nc(C)c(Cl)c1C. The zero-order valence-electron chi connectivity index (χ0n) is 21.2. The first-order valence-electron chi connectivity index (χ1n) is 11.7. The molecule has 2 amide bonds. The summed E-state index contributed by atoms with van der Waals surface area (Å²) in [4.78, 5) is 29.5. The number of aryl methyl sites for hydroxylation is 2. The highest BCUT2D eigenvalue weighted by atomic mass is 35.5. The molecule has 0 aliphatic heterocycles. The minimum atomic E-state index is -4.75. The Bertz CT molecular complexity index is 1570. The predicted molar refractivity (Wildman–Crippen MR) is 139 cm³/mol. The standard InChI is InChI=1S/C24H25ClF3N7O2S/c1-6-15(35-12(5)18(25)10(3)33-35)22(37)32-19-17-13(14-9-30-34(7-2)11(14)4)8-16(24(26,27)28)31-23(17)38-20(19)21(29)36/h8-9,15H,6-7H2,1-5H3,(H2,29,36)(H,32,37).